The van der Waals surface area contributed by atoms with Crippen molar-refractivity contribution in [3.05, 3.63) is 48.0 Å². The van der Waals surface area contributed by atoms with Gasteiger partial charge < -0.3 is 19.9 Å². The normalized spacial score (nSPS) is 15.0. The highest BCUT2D eigenvalue weighted by atomic mass is 16.5. The van der Waals surface area contributed by atoms with Crippen molar-refractivity contribution in [2.45, 2.75) is 32.7 Å². The number of imidazole rings is 1. The third-order valence-corrected chi connectivity index (χ3v) is 4.84. The predicted molar refractivity (Wildman–Crippen MR) is 111 cm³/mol. The summed E-state index contributed by atoms with van der Waals surface area (Å²) >= 11 is 0. The summed E-state index contributed by atoms with van der Waals surface area (Å²) < 4.78 is 7.49. The van der Waals surface area contributed by atoms with E-state index in [4.69, 9.17) is 4.74 Å². The summed E-state index contributed by atoms with van der Waals surface area (Å²) in [6.07, 6.45) is 4.77. The standard InChI is InChI=1S/C21H31N5O2/c1-17(2)20-22-8-10-26(20)16-18-5-3-6-19(15-18)24-21(27)23-7-4-9-25-11-13-28-14-12-25/h3,5-6,8,10,15,17H,4,7,9,11-14,16H2,1-2H3,(H2,23,24,27). The third kappa shape index (κ3) is 6.07. The molecule has 0 atom stereocenters. The van der Waals surface area contributed by atoms with Crippen LogP contribution in [0.4, 0.5) is 10.5 Å². The van der Waals surface area contributed by atoms with Gasteiger partial charge in [-0.3, -0.25) is 4.90 Å². The molecule has 1 fully saturated rings. The Bertz CT molecular complexity index is 753. The largest absolute Gasteiger partial charge is 0.379 e. The first-order valence-electron chi connectivity index (χ1n) is 10.1. The molecule has 2 N–H and O–H groups in total. The molecule has 2 amide bonds. The number of ether oxygens (including phenoxy) is 1. The second-order valence-corrected chi connectivity index (χ2v) is 7.46. The molecule has 152 valence electrons. The monoisotopic (exact) mass is 385 g/mol. The zero-order valence-electron chi connectivity index (χ0n) is 16.9. The van der Waals surface area contributed by atoms with E-state index in [0.29, 0.717) is 12.5 Å². The Morgan fingerprint density at radius 2 is 2.11 bits per heavy atom. The van der Waals surface area contributed by atoms with E-state index in [0.717, 1.165) is 62.9 Å². The summed E-state index contributed by atoms with van der Waals surface area (Å²) in [4.78, 5) is 19.0. The SMILES string of the molecule is CC(C)c1nccn1Cc1cccc(NC(=O)NCCCN2CCOCC2)c1. The zero-order valence-corrected chi connectivity index (χ0v) is 16.9. The van der Waals surface area contributed by atoms with Crippen LogP contribution in [0, 0.1) is 0 Å². The van der Waals surface area contributed by atoms with E-state index >= 15 is 0 Å². The summed E-state index contributed by atoms with van der Waals surface area (Å²) in [6, 6.07) is 7.79. The van der Waals surface area contributed by atoms with Gasteiger partial charge >= 0.3 is 6.03 Å². The van der Waals surface area contributed by atoms with Gasteiger partial charge in [-0.2, -0.15) is 0 Å². The maximum Gasteiger partial charge on any atom is 0.319 e. The third-order valence-electron chi connectivity index (χ3n) is 4.84. The van der Waals surface area contributed by atoms with Crippen LogP contribution in [0.15, 0.2) is 36.7 Å². The number of amides is 2. The lowest BCUT2D eigenvalue weighted by Gasteiger charge is -2.26. The van der Waals surface area contributed by atoms with E-state index in [2.05, 4.69) is 45.0 Å². The van der Waals surface area contributed by atoms with Gasteiger partial charge in [0, 0.05) is 50.2 Å². The Labute approximate surface area is 167 Å². The Morgan fingerprint density at radius 3 is 2.89 bits per heavy atom. The number of aromatic nitrogens is 2. The van der Waals surface area contributed by atoms with Gasteiger partial charge in [-0.15, -0.1) is 0 Å². The van der Waals surface area contributed by atoms with Crippen LogP contribution in [0.5, 0.6) is 0 Å². The van der Waals surface area contributed by atoms with E-state index in [1.165, 1.54) is 0 Å². The van der Waals surface area contributed by atoms with Crippen molar-refractivity contribution in [2.75, 3.05) is 44.7 Å². The van der Waals surface area contributed by atoms with Crippen LogP contribution in [0.1, 0.15) is 37.6 Å². The van der Waals surface area contributed by atoms with Gasteiger partial charge in [0.25, 0.3) is 0 Å². The molecule has 28 heavy (non-hydrogen) atoms. The molecule has 0 bridgehead atoms. The fourth-order valence-electron chi connectivity index (χ4n) is 3.40. The first-order chi connectivity index (χ1) is 13.6. The zero-order chi connectivity index (χ0) is 19.8. The summed E-state index contributed by atoms with van der Waals surface area (Å²) in [5.41, 5.74) is 1.93. The van der Waals surface area contributed by atoms with Gasteiger partial charge in [-0.25, -0.2) is 9.78 Å². The first-order valence-corrected chi connectivity index (χ1v) is 10.1. The van der Waals surface area contributed by atoms with Crippen molar-refractivity contribution in [3.8, 4) is 0 Å². The predicted octanol–water partition coefficient (Wildman–Crippen LogP) is 2.90. The topological polar surface area (TPSA) is 71.4 Å². The lowest BCUT2D eigenvalue weighted by Crippen LogP contribution is -2.38. The second-order valence-electron chi connectivity index (χ2n) is 7.46. The maximum atomic E-state index is 12.2. The molecule has 1 aromatic carbocycles. The molecule has 1 aliphatic rings. The molecule has 0 aliphatic carbocycles. The average Bonchev–Trinajstić information content (AvgIpc) is 3.15. The smallest absolute Gasteiger partial charge is 0.319 e. The molecular weight excluding hydrogens is 354 g/mol. The summed E-state index contributed by atoms with van der Waals surface area (Å²) in [5, 5.41) is 5.87. The minimum Gasteiger partial charge on any atom is -0.379 e. The highest BCUT2D eigenvalue weighted by molar-refractivity contribution is 5.89. The van der Waals surface area contributed by atoms with Crippen LogP contribution in [0.3, 0.4) is 0 Å². The minimum absolute atomic E-state index is 0.162. The molecule has 0 spiro atoms. The van der Waals surface area contributed by atoms with E-state index in [1.807, 2.05) is 30.6 Å². The Balaban J connectivity index is 1.44. The van der Waals surface area contributed by atoms with Gasteiger partial charge in [-0.05, 0) is 30.7 Å². The molecule has 1 aliphatic heterocycles. The van der Waals surface area contributed by atoms with Gasteiger partial charge in [0.2, 0.25) is 0 Å². The lowest BCUT2D eigenvalue weighted by molar-refractivity contribution is 0.0375. The van der Waals surface area contributed by atoms with Crippen LogP contribution in [0.25, 0.3) is 0 Å². The number of carbonyl (C=O) groups is 1. The summed E-state index contributed by atoms with van der Waals surface area (Å²) in [7, 11) is 0. The molecule has 0 saturated carbocycles. The van der Waals surface area contributed by atoms with Gasteiger partial charge in [0.1, 0.15) is 5.82 Å². The maximum absolute atomic E-state index is 12.2. The van der Waals surface area contributed by atoms with Crippen molar-refractivity contribution in [1.29, 1.82) is 0 Å². The fourth-order valence-corrected chi connectivity index (χ4v) is 3.40. The van der Waals surface area contributed by atoms with Gasteiger partial charge in [-0.1, -0.05) is 26.0 Å². The van der Waals surface area contributed by atoms with Gasteiger partial charge in [0.05, 0.1) is 13.2 Å². The highest BCUT2D eigenvalue weighted by Crippen LogP contribution is 2.16. The van der Waals surface area contributed by atoms with Crippen LogP contribution >= 0.6 is 0 Å². The number of hydrogen-bond acceptors (Lipinski definition) is 4. The minimum atomic E-state index is -0.162. The average molecular weight is 386 g/mol. The second kappa shape index (κ2) is 10.2. The number of nitrogens with one attached hydrogen (secondary N) is 2. The number of rotatable bonds is 8. The van der Waals surface area contributed by atoms with Crippen LogP contribution < -0.4 is 10.6 Å². The molecule has 3 rings (SSSR count). The number of urea groups is 1. The molecule has 2 aromatic rings. The van der Waals surface area contributed by atoms with E-state index in [1.54, 1.807) is 0 Å². The summed E-state index contributed by atoms with van der Waals surface area (Å²) in [6.45, 7) is 10.2. The number of morpholine rings is 1. The van der Waals surface area contributed by atoms with Crippen molar-refractivity contribution in [1.82, 2.24) is 19.8 Å². The molecule has 7 nitrogen and oxygen atoms in total. The highest BCUT2D eigenvalue weighted by Gasteiger charge is 2.10. The molecule has 1 aromatic heterocycles. The number of benzene rings is 1. The van der Waals surface area contributed by atoms with Crippen molar-refractivity contribution in [3.63, 3.8) is 0 Å². The number of nitrogens with zero attached hydrogens (tertiary/aromatic N) is 3. The van der Waals surface area contributed by atoms with E-state index in [9.17, 15) is 4.79 Å². The lowest BCUT2D eigenvalue weighted by atomic mass is 10.1. The van der Waals surface area contributed by atoms with Crippen LogP contribution in [-0.4, -0.2) is 59.9 Å². The van der Waals surface area contributed by atoms with Crippen molar-refractivity contribution < 1.29 is 9.53 Å². The van der Waals surface area contributed by atoms with Crippen LogP contribution in [0.2, 0.25) is 0 Å². The van der Waals surface area contributed by atoms with E-state index < -0.39 is 0 Å². The molecular formula is C21H31N5O2. The van der Waals surface area contributed by atoms with Crippen molar-refractivity contribution >= 4 is 11.7 Å². The summed E-state index contributed by atoms with van der Waals surface area (Å²) in [5.74, 6) is 1.44. The van der Waals surface area contributed by atoms with E-state index in [-0.39, 0.29) is 6.03 Å². The van der Waals surface area contributed by atoms with Gasteiger partial charge in [0.15, 0.2) is 0 Å². The fraction of sp³-hybridized carbons (Fsp3) is 0.524. The quantitative estimate of drug-likeness (QED) is 0.686. The molecule has 0 radical (unpaired) electrons. The van der Waals surface area contributed by atoms with Crippen molar-refractivity contribution in [2.24, 2.45) is 0 Å². The first kappa shape index (κ1) is 20.4. The molecule has 0 unspecified atom stereocenters. The number of hydrogen-bond donors (Lipinski definition) is 2. The Hall–Kier alpha value is -2.38. The van der Waals surface area contributed by atoms with Crippen LogP contribution in [-0.2, 0) is 11.3 Å². The number of anilines is 1. The number of carbonyl (C=O) groups excluding carboxylic acids is 1. The Morgan fingerprint density at radius 1 is 1.29 bits per heavy atom. The molecule has 2 heterocycles. The Kier molecular flexibility index (Phi) is 7.45. The molecule has 1 saturated heterocycles. The molecule has 7 heteroatoms.